The van der Waals surface area contributed by atoms with E-state index < -0.39 is 33.8 Å². The molecule has 110 valence electrons. The SMILES string of the molecule is O=C(O)C1CCC(NS(=O)(=O)c2ccc(F)c(Cl)c2)C1. The number of carboxylic acids is 1. The van der Waals surface area contributed by atoms with E-state index in [0.29, 0.717) is 12.8 Å². The van der Waals surface area contributed by atoms with Gasteiger partial charge in [0.2, 0.25) is 10.0 Å². The van der Waals surface area contributed by atoms with E-state index >= 15 is 0 Å². The Morgan fingerprint density at radius 2 is 2.10 bits per heavy atom. The predicted molar refractivity (Wildman–Crippen MR) is 70.5 cm³/mol. The first-order valence-electron chi connectivity index (χ1n) is 6.00. The standard InChI is InChI=1S/C12H13ClFNO4S/c13-10-6-9(3-4-11(10)14)20(18,19)15-8-2-1-7(5-8)12(16)17/h3-4,6-8,15H,1-2,5H2,(H,16,17). The summed E-state index contributed by atoms with van der Waals surface area (Å²) in [7, 11) is -3.83. The van der Waals surface area contributed by atoms with Gasteiger partial charge in [0.05, 0.1) is 15.8 Å². The van der Waals surface area contributed by atoms with Gasteiger partial charge in [0.1, 0.15) is 5.82 Å². The summed E-state index contributed by atoms with van der Waals surface area (Å²) in [6, 6.07) is 2.70. The molecule has 2 N–H and O–H groups in total. The number of carbonyl (C=O) groups is 1. The largest absolute Gasteiger partial charge is 0.481 e. The van der Waals surface area contributed by atoms with Gasteiger partial charge in [-0.25, -0.2) is 17.5 Å². The molecule has 2 rings (SSSR count). The van der Waals surface area contributed by atoms with Crippen molar-refractivity contribution < 1.29 is 22.7 Å². The van der Waals surface area contributed by atoms with Gasteiger partial charge in [-0.05, 0) is 37.5 Å². The Hall–Kier alpha value is -1.18. The van der Waals surface area contributed by atoms with E-state index in [4.69, 9.17) is 16.7 Å². The minimum absolute atomic E-state index is 0.136. The quantitative estimate of drug-likeness (QED) is 0.888. The molecule has 0 amide bonds. The Morgan fingerprint density at radius 1 is 1.40 bits per heavy atom. The predicted octanol–water partition coefficient (Wildman–Crippen LogP) is 2.01. The van der Waals surface area contributed by atoms with Crippen LogP contribution in [-0.2, 0) is 14.8 Å². The van der Waals surface area contributed by atoms with Crippen LogP contribution in [0.3, 0.4) is 0 Å². The Morgan fingerprint density at radius 3 is 2.65 bits per heavy atom. The van der Waals surface area contributed by atoms with Crippen LogP contribution < -0.4 is 4.72 Å². The van der Waals surface area contributed by atoms with Crippen molar-refractivity contribution >= 4 is 27.6 Å². The third-order valence-corrected chi connectivity index (χ3v) is 5.11. The maximum atomic E-state index is 13.0. The molecule has 0 aromatic heterocycles. The van der Waals surface area contributed by atoms with Gasteiger partial charge >= 0.3 is 5.97 Å². The Kier molecular flexibility index (Phi) is 4.31. The number of hydrogen-bond acceptors (Lipinski definition) is 3. The van der Waals surface area contributed by atoms with E-state index in [9.17, 15) is 17.6 Å². The molecule has 20 heavy (non-hydrogen) atoms. The fourth-order valence-electron chi connectivity index (χ4n) is 2.24. The topological polar surface area (TPSA) is 83.5 Å². The average molecular weight is 322 g/mol. The molecule has 5 nitrogen and oxygen atoms in total. The Labute approximate surface area is 120 Å². The molecular weight excluding hydrogens is 309 g/mol. The molecule has 1 fully saturated rings. The summed E-state index contributed by atoms with van der Waals surface area (Å²) in [6.45, 7) is 0. The van der Waals surface area contributed by atoms with Gasteiger partial charge in [0.15, 0.2) is 0 Å². The lowest BCUT2D eigenvalue weighted by molar-refractivity contribution is -0.141. The molecule has 2 unspecified atom stereocenters. The van der Waals surface area contributed by atoms with E-state index in [1.807, 2.05) is 0 Å². The Balaban J connectivity index is 2.12. The number of benzene rings is 1. The molecule has 1 aliphatic rings. The minimum Gasteiger partial charge on any atom is -0.481 e. The summed E-state index contributed by atoms with van der Waals surface area (Å²) in [6.07, 6.45) is 1.15. The van der Waals surface area contributed by atoms with Crippen LogP contribution in [0.4, 0.5) is 4.39 Å². The van der Waals surface area contributed by atoms with Gasteiger partial charge in [-0.15, -0.1) is 0 Å². The van der Waals surface area contributed by atoms with Gasteiger partial charge in [0.25, 0.3) is 0 Å². The first-order valence-corrected chi connectivity index (χ1v) is 7.86. The van der Waals surface area contributed by atoms with Crippen molar-refractivity contribution in [2.75, 3.05) is 0 Å². The van der Waals surface area contributed by atoms with Crippen molar-refractivity contribution in [2.24, 2.45) is 5.92 Å². The fourth-order valence-corrected chi connectivity index (χ4v) is 3.80. The molecule has 8 heteroatoms. The van der Waals surface area contributed by atoms with Crippen LogP contribution in [0.25, 0.3) is 0 Å². The number of hydrogen-bond donors (Lipinski definition) is 2. The van der Waals surface area contributed by atoms with Gasteiger partial charge in [-0.2, -0.15) is 0 Å². The number of aliphatic carboxylic acids is 1. The second-order valence-corrected chi connectivity index (χ2v) is 6.86. The third kappa shape index (κ3) is 3.28. The highest BCUT2D eigenvalue weighted by atomic mass is 35.5. The van der Waals surface area contributed by atoms with Crippen LogP contribution in [0.1, 0.15) is 19.3 Å². The van der Waals surface area contributed by atoms with Crippen molar-refractivity contribution in [3.63, 3.8) is 0 Å². The van der Waals surface area contributed by atoms with E-state index in [1.54, 1.807) is 0 Å². The molecule has 1 aliphatic carbocycles. The van der Waals surface area contributed by atoms with Gasteiger partial charge in [-0.3, -0.25) is 4.79 Å². The summed E-state index contributed by atoms with van der Waals surface area (Å²) < 4.78 is 39.6. The number of rotatable bonds is 4. The molecule has 2 atom stereocenters. The minimum atomic E-state index is -3.83. The van der Waals surface area contributed by atoms with Crippen LogP contribution in [-0.4, -0.2) is 25.5 Å². The van der Waals surface area contributed by atoms with E-state index in [1.165, 1.54) is 0 Å². The van der Waals surface area contributed by atoms with Crippen LogP contribution in [0.2, 0.25) is 5.02 Å². The molecule has 0 aliphatic heterocycles. The lowest BCUT2D eigenvalue weighted by atomic mass is 10.1. The summed E-state index contributed by atoms with van der Waals surface area (Å²) in [4.78, 5) is 10.7. The number of halogens is 2. The van der Waals surface area contributed by atoms with E-state index in [2.05, 4.69) is 4.72 Å². The van der Waals surface area contributed by atoms with Crippen molar-refractivity contribution in [3.8, 4) is 0 Å². The zero-order valence-corrected chi connectivity index (χ0v) is 11.9. The number of sulfonamides is 1. The van der Waals surface area contributed by atoms with E-state index in [-0.39, 0.29) is 16.3 Å². The first-order chi connectivity index (χ1) is 9.29. The van der Waals surface area contributed by atoms with Crippen molar-refractivity contribution in [3.05, 3.63) is 29.0 Å². The molecule has 1 aromatic rings. The molecule has 0 bridgehead atoms. The molecule has 0 saturated heterocycles. The smallest absolute Gasteiger partial charge is 0.306 e. The molecule has 1 aromatic carbocycles. The molecule has 0 heterocycles. The maximum Gasteiger partial charge on any atom is 0.306 e. The highest BCUT2D eigenvalue weighted by molar-refractivity contribution is 7.89. The lowest BCUT2D eigenvalue weighted by Crippen LogP contribution is -2.33. The van der Waals surface area contributed by atoms with Crippen LogP contribution in [0.15, 0.2) is 23.1 Å². The van der Waals surface area contributed by atoms with Crippen LogP contribution in [0, 0.1) is 11.7 Å². The van der Waals surface area contributed by atoms with Gasteiger partial charge in [0, 0.05) is 6.04 Å². The molecular formula is C12H13ClFNO4S. The third-order valence-electron chi connectivity index (χ3n) is 3.31. The lowest BCUT2D eigenvalue weighted by Gasteiger charge is -2.13. The Bertz CT molecular complexity index is 634. The highest BCUT2D eigenvalue weighted by Gasteiger charge is 2.32. The fraction of sp³-hybridized carbons (Fsp3) is 0.417. The monoisotopic (exact) mass is 321 g/mol. The van der Waals surface area contributed by atoms with Crippen molar-refractivity contribution in [1.29, 1.82) is 0 Å². The summed E-state index contributed by atoms with van der Waals surface area (Å²) in [5.41, 5.74) is 0. The normalized spacial score (nSPS) is 22.9. The van der Waals surface area contributed by atoms with Gasteiger partial charge < -0.3 is 5.11 Å². The van der Waals surface area contributed by atoms with E-state index in [0.717, 1.165) is 18.2 Å². The second-order valence-electron chi connectivity index (χ2n) is 4.74. The summed E-state index contributed by atoms with van der Waals surface area (Å²) in [5.74, 6) is -2.14. The molecule has 0 spiro atoms. The number of carboxylic acid groups (broad SMARTS) is 1. The summed E-state index contributed by atoms with van der Waals surface area (Å²) >= 11 is 5.56. The summed E-state index contributed by atoms with van der Waals surface area (Å²) in [5, 5.41) is 8.60. The van der Waals surface area contributed by atoms with Crippen molar-refractivity contribution in [2.45, 2.75) is 30.2 Å². The van der Waals surface area contributed by atoms with Gasteiger partial charge in [-0.1, -0.05) is 11.6 Å². The van der Waals surface area contributed by atoms with Crippen molar-refractivity contribution in [1.82, 2.24) is 4.72 Å². The molecule has 0 radical (unpaired) electrons. The second kappa shape index (κ2) is 5.67. The van der Waals surface area contributed by atoms with Crippen LogP contribution >= 0.6 is 11.6 Å². The maximum absolute atomic E-state index is 13.0. The first kappa shape index (κ1) is 15.2. The zero-order chi connectivity index (χ0) is 14.9. The highest BCUT2D eigenvalue weighted by Crippen LogP contribution is 2.27. The number of nitrogens with one attached hydrogen (secondary N) is 1. The average Bonchev–Trinajstić information content (AvgIpc) is 2.80. The zero-order valence-electron chi connectivity index (χ0n) is 10.3. The van der Waals surface area contributed by atoms with Crippen LogP contribution in [0.5, 0.6) is 0 Å². The molecule has 1 saturated carbocycles.